The summed E-state index contributed by atoms with van der Waals surface area (Å²) >= 11 is 0. The standard InChI is InChI=1S/C19H20FN3O/c20-17-2-1-3-18(22-15-21-14-17)7-4-16-5-8-19(9-6-16)23-10-12-24-13-11-23/h1-3,5-6,8-9,15,17H,10-14H2,(H,21,22)/b2-1+,18-3-. The first-order chi connectivity index (χ1) is 11.8. The first-order valence-corrected chi connectivity index (χ1v) is 8.03. The van der Waals surface area contributed by atoms with Crippen LogP contribution in [0.15, 0.2) is 53.2 Å². The summed E-state index contributed by atoms with van der Waals surface area (Å²) in [4.78, 5) is 6.26. The number of halogens is 1. The Balaban J connectivity index is 1.68. The van der Waals surface area contributed by atoms with Gasteiger partial charge in [0.2, 0.25) is 0 Å². The van der Waals surface area contributed by atoms with E-state index in [-0.39, 0.29) is 6.54 Å². The Hall–Kier alpha value is -2.58. The number of aliphatic imine (C=N–C) groups is 1. The van der Waals surface area contributed by atoms with Gasteiger partial charge in [-0.05, 0) is 42.3 Å². The Labute approximate surface area is 141 Å². The van der Waals surface area contributed by atoms with Crippen LogP contribution in [0.5, 0.6) is 0 Å². The van der Waals surface area contributed by atoms with E-state index in [0.29, 0.717) is 5.70 Å². The molecule has 1 N–H and O–H groups in total. The second kappa shape index (κ2) is 8.32. The maximum absolute atomic E-state index is 13.3. The third kappa shape index (κ3) is 4.71. The Kier molecular flexibility index (Phi) is 5.65. The lowest BCUT2D eigenvalue weighted by Gasteiger charge is -2.28. The molecule has 0 bridgehead atoms. The molecule has 24 heavy (non-hydrogen) atoms. The Morgan fingerprint density at radius 1 is 1.17 bits per heavy atom. The summed E-state index contributed by atoms with van der Waals surface area (Å²) in [6.07, 6.45) is 5.32. The van der Waals surface area contributed by atoms with Crippen LogP contribution in [0.3, 0.4) is 0 Å². The minimum atomic E-state index is -1.06. The van der Waals surface area contributed by atoms with Gasteiger partial charge in [0, 0.05) is 24.3 Å². The van der Waals surface area contributed by atoms with Crippen molar-refractivity contribution in [3.63, 3.8) is 0 Å². The third-order valence-electron chi connectivity index (χ3n) is 3.76. The number of hydrogen-bond donors (Lipinski definition) is 1. The van der Waals surface area contributed by atoms with E-state index >= 15 is 0 Å². The van der Waals surface area contributed by atoms with E-state index in [2.05, 4.69) is 39.2 Å². The Bertz CT molecular complexity index is 692. The number of anilines is 1. The molecular weight excluding hydrogens is 305 g/mol. The van der Waals surface area contributed by atoms with Gasteiger partial charge < -0.3 is 15.0 Å². The summed E-state index contributed by atoms with van der Waals surface area (Å²) in [5.74, 6) is 6.16. The van der Waals surface area contributed by atoms with Crippen molar-refractivity contribution in [1.82, 2.24) is 5.32 Å². The van der Waals surface area contributed by atoms with Crippen LogP contribution in [0.4, 0.5) is 10.1 Å². The maximum Gasteiger partial charge on any atom is 0.138 e. The van der Waals surface area contributed by atoms with Gasteiger partial charge >= 0.3 is 0 Å². The highest BCUT2D eigenvalue weighted by atomic mass is 19.1. The van der Waals surface area contributed by atoms with E-state index in [1.165, 1.54) is 18.1 Å². The van der Waals surface area contributed by atoms with Crippen molar-refractivity contribution in [2.75, 3.05) is 37.7 Å². The lowest BCUT2D eigenvalue weighted by molar-refractivity contribution is 0.122. The average molecular weight is 325 g/mol. The Morgan fingerprint density at radius 2 is 1.96 bits per heavy atom. The number of morpholine rings is 1. The van der Waals surface area contributed by atoms with E-state index in [0.717, 1.165) is 31.9 Å². The van der Waals surface area contributed by atoms with Crippen LogP contribution in [0.25, 0.3) is 0 Å². The van der Waals surface area contributed by atoms with Crippen LogP contribution in [0.1, 0.15) is 5.56 Å². The molecule has 0 saturated carbocycles. The summed E-state index contributed by atoms with van der Waals surface area (Å²) < 4.78 is 18.6. The fourth-order valence-electron chi connectivity index (χ4n) is 2.44. The predicted molar refractivity (Wildman–Crippen MR) is 95.0 cm³/mol. The van der Waals surface area contributed by atoms with Gasteiger partial charge in [-0.3, -0.25) is 4.99 Å². The zero-order valence-corrected chi connectivity index (χ0v) is 13.4. The lowest BCUT2D eigenvalue weighted by Crippen LogP contribution is -2.36. The number of ether oxygens (including phenoxy) is 1. The zero-order chi connectivity index (χ0) is 16.6. The molecule has 0 spiro atoms. The number of nitrogens with one attached hydrogen (secondary N) is 1. The zero-order valence-electron chi connectivity index (χ0n) is 13.4. The molecule has 1 atom stereocenters. The second-order valence-electron chi connectivity index (χ2n) is 5.52. The SMILES string of the molecule is FC1/C=C/C=C(/C#Cc2ccc(N3CCOCC3)cc2)NC=NC1. The largest absolute Gasteiger partial charge is 0.378 e. The fourth-order valence-corrected chi connectivity index (χ4v) is 2.44. The van der Waals surface area contributed by atoms with Crippen molar-refractivity contribution >= 4 is 12.0 Å². The first kappa shape index (κ1) is 16.3. The van der Waals surface area contributed by atoms with Gasteiger partial charge in [0.05, 0.1) is 31.8 Å². The van der Waals surface area contributed by atoms with E-state index in [1.807, 2.05) is 12.1 Å². The predicted octanol–water partition coefficient (Wildman–Crippen LogP) is 2.28. The van der Waals surface area contributed by atoms with Crippen molar-refractivity contribution in [2.45, 2.75) is 6.17 Å². The molecule has 1 saturated heterocycles. The molecule has 1 unspecified atom stereocenters. The minimum Gasteiger partial charge on any atom is -0.378 e. The highest BCUT2D eigenvalue weighted by Gasteiger charge is 2.10. The number of nitrogens with zero attached hydrogens (tertiary/aromatic N) is 2. The van der Waals surface area contributed by atoms with E-state index in [1.54, 1.807) is 12.2 Å². The van der Waals surface area contributed by atoms with Gasteiger partial charge in [-0.15, -0.1) is 0 Å². The summed E-state index contributed by atoms with van der Waals surface area (Å²) in [6, 6.07) is 8.18. The van der Waals surface area contributed by atoms with Crippen LogP contribution >= 0.6 is 0 Å². The quantitative estimate of drug-likeness (QED) is 0.805. The van der Waals surface area contributed by atoms with Gasteiger partial charge in [0.1, 0.15) is 6.17 Å². The van der Waals surface area contributed by atoms with Gasteiger partial charge in [-0.1, -0.05) is 12.0 Å². The van der Waals surface area contributed by atoms with Crippen LogP contribution in [0.2, 0.25) is 0 Å². The van der Waals surface area contributed by atoms with Crippen molar-refractivity contribution in [2.24, 2.45) is 4.99 Å². The topological polar surface area (TPSA) is 36.9 Å². The molecular formula is C19H20FN3O. The van der Waals surface area contributed by atoms with Crippen LogP contribution < -0.4 is 10.2 Å². The molecule has 4 nitrogen and oxygen atoms in total. The monoisotopic (exact) mass is 325 g/mol. The number of hydrogen-bond acceptors (Lipinski definition) is 4. The molecule has 1 aromatic carbocycles. The van der Waals surface area contributed by atoms with E-state index in [4.69, 9.17) is 4.74 Å². The fraction of sp³-hybridized carbons (Fsp3) is 0.316. The second-order valence-corrected chi connectivity index (χ2v) is 5.52. The molecule has 124 valence electrons. The first-order valence-electron chi connectivity index (χ1n) is 8.03. The Morgan fingerprint density at radius 3 is 2.75 bits per heavy atom. The molecule has 5 heteroatoms. The normalized spacial score (nSPS) is 24.3. The molecule has 2 heterocycles. The molecule has 2 aliphatic heterocycles. The summed E-state index contributed by atoms with van der Waals surface area (Å²) in [5.41, 5.74) is 2.80. The highest BCUT2D eigenvalue weighted by molar-refractivity contribution is 5.61. The summed E-state index contributed by atoms with van der Waals surface area (Å²) in [6.45, 7) is 3.51. The van der Waals surface area contributed by atoms with Crippen LogP contribution in [0, 0.1) is 11.8 Å². The third-order valence-corrected chi connectivity index (χ3v) is 3.76. The van der Waals surface area contributed by atoms with Gasteiger partial charge in [-0.25, -0.2) is 4.39 Å². The van der Waals surface area contributed by atoms with E-state index in [9.17, 15) is 4.39 Å². The van der Waals surface area contributed by atoms with Gasteiger partial charge in [0.25, 0.3) is 0 Å². The number of benzene rings is 1. The van der Waals surface area contributed by atoms with Gasteiger partial charge in [-0.2, -0.15) is 0 Å². The molecule has 2 aliphatic rings. The van der Waals surface area contributed by atoms with Crippen molar-refractivity contribution in [3.8, 4) is 11.8 Å². The summed E-state index contributed by atoms with van der Waals surface area (Å²) in [5, 5.41) is 2.97. The molecule has 3 rings (SSSR count). The number of alkyl halides is 1. The minimum absolute atomic E-state index is 0.126. The molecule has 0 aromatic heterocycles. The summed E-state index contributed by atoms with van der Waals surface area (Å²) in [7, 11) is 0. The highest BCUT2D eigenvalue weighted by Crippen LogP contribution is 2.16. The van der Waals surface area contributed by atoms with Crippen molar-refractivity contribution in [3.05, 3.63) is 53.8 Å². The molecule has 1 aromatic rings. The van der Waals surface area contributed by atoms with Crippen molar-refractivity contribution < 1.29 is 9.13 Å². The average Bonchev–Trinajstić information content (AvgIpc) is 2.73. The van der Waals surface area contributed by atoms with Gasteiger partial charge in [0.15, 0.2) is 0 Å². The van der Waals surface area contributed by atoms with E-state index < -0.39 is 6.17 Å². The molecule has 1 fully saturated rings. The maximum atomic E-state index is 13.3. The van der Waals surface area contributed by atoms with Crippen LogP contribution in [-0.4, -0.2) is 45.4 Å². The smallest absolute Gasteiger partial charge is 0.138 e. The number of allylic oxidation sites excluding steroid dienone is 3. The number of rotatable bonds is 1. The molecule has 0 radical (unpaired) electrons. The van der Waals surface area contributed by atoms with Crippen molar-refractivity contribution in [1.29, 1.82) is 0 Å². The molecule has 0 amide bonds. The lowest BCUT2D eigenvalue weighted by atomic mass is 10.2. The molecule has 0 aliphatic carbocycles. The van der Waals surface area contributed by atoms with Crippen LogP contribution in [-0.2, 0) is 4.74 Å².